The van der Waals surface area contributed by atoms with Gasteiger partial charge in [0.25, 0.3) is 0 Å². The third kappa shape index (κ3) is 3.47. The second-order valence-electron chi connectivity index (χ2n) is 6.56. The Kier molecular flexibility index (Phi) is 5.05. The molecule has 0 atom stereocenters. The van der Waals surface area contributed by atoms with Crippen molar-refractivity contribution < 1.29 is 23.7 Å². The molecule has 1 amide bonds. The van der Waals surface area contributed by atoms with E-state index in [1.165, 1.54) is 5.56 Å². The number of nitrogens with zero attached hydrogens (tertiary/aromatic N) is 1. The first-order valence-corrected chi connectivity index (χ1v) is 9.26. The number of benzene rings is 2. The molecule has 0 N–H and O–H groups in total. The number of carbonyl (C=O) groups excluding carboxylic acids is 1. The average molecular weight is 402 g/mol. The molecule has 0 radical (unpaired) electrons. The quantitative estimate of drug-likeness (QED) is 0.731. The summed E-state index contributed by atoms with van der Waals surface area (Å²) in [5.74, 6) is 2.45. The fraction of sp³-hybridized carbons (Fsp3) is 0.286. The van der Waals surface area contributed by atoms with Crippen LogP contribution in [0.15, 0.2) is 30.3 Å². The van der Waals surface area contributed by atoms with E-state index in [0.717, 1.165) is 17.5 Å². The van der Waals surface area contributed by atoms with Gasteiger partial charge < -0.3 is 23.8 Å². The second-order valence-corrected chi connectivity index (χ2v) is 6.96. The molecule has 0 saturated carbocycles. The number of amides is 1. The van der Waals surface area contributed by atoms with E-state index in [1.54, 1.807) is 43.4 Å². The van der Waals surface area contributed by atoms with Crippen LogP contribution in [-0.4, -0.2) is 38.4 Å². The van der Waals surface area contributed by atoms with E-state index in [4.69, 9.17) is 30.5 Å². The first kappa shape index (κ1) is 18.5. The lowest BCUT2D eigenvalue weighted by Crippen LogP contribution is -2.34. The van der Waals surface area contributed by atoms with Crippen molar-refractivity contribution >= 4 is 23.6 Å². The Balaban J connectivity index is 1.49. The molecular weight excluding hydrogens is 382 g/mol. The van der Waals surface area contributed by atoms with Crippen LogP contribution in [0.3, 0.4) is 0 Å². The molecule has 146 valence electrons. The lowest BCUT2D eigenvalue weighted by molar-refractivity contribution is -0.126. The maximum atomic E-state index is 12.7. The minimum absolute atomic E-state index is 0.0609. The Morgan fingerprint density at radius 2 is 1.86 bits per heavy atom. The molecule has 2 aromatic carbocycles. The zero-order chi connectivity index (χ0) is 19.7. The SMILES string of the molecule is COc1cc2c(cc1OC)CN(C(=O)/C=C/c1cc(Cl)c3c(c1)OCO3)CC2. The number of ether oxygens (including phenoxy) is 4. The summed E-state index contributed by atoms with van der Waals surface area (Å²) in [6.45, 7) is 1.33. The van der Waals surface area contributed by atoms with Crippen LogP contribution in [-0.2, 0) is 17.8 Å². The molecule has 0 bridgehead atoms. The highest BCUT2D eigenvalue weighted by Gasteiger charge is 2.22. The standard InChI is InChI=1S/C21H20ClNO5/c1-25-17-9-14-5-6-23(11-15(14)10-18(17)26-2)20(24)4-3-13-7-16(22)21-19(8-13)27-12-28-21/h3-4,7-10H,5-6,11-12H2,1-2H3/b4-3+. The molecular formula is C21H20ClNO5. The molecule has 6 nitrogen and oxygen atoms in total. The summed E-state index contributed by atoms with van der Waals surface area (Å²) in [4.78, 5) is 14.5. The van der Waals surface area contributed by atoms with E-state index in [1.807, 2.05) is 12.1 Å². The monoisotopic (exact) mass is 401 g/mol. The van der Waals surface area contributed by atoms with Crippen LogP contribution < -0.4 is 18.9 Å². The summed E-state index contributed by atoms with van der Waals surface area (Å²) >= 11 is 6.19. The molecule has 2 heterocycles. The molecule has 0 unspecified atom stereocenters. The topological polar surface area (TPSA) is 57.2 Å². The third-order valence-corrected chi connectivity index (χ3v) is 5.18. The van der Waals surface area contributed by atoms with Gasteiger partial charge in [-0.2, -0.15) is 0 Å². The van der Waals surface area contributed by atoms with Crippen molar-refractivity contribution in [3.8, 4) is 23.0 Å². The number of hydrogen-bond donors (Lipinski definition) is 0. The molecule has 7 heteroatoms. The van der Waals surface area contributed by atoms with Gasteiger partial charge in [-0.3, -0.25) is 4.79 Å². The number of fused-ring (bicyclic) bond motifs is 2. The van der Waals surface area contributed by atoms with Crippen LogP contribution in [0.25, 0.3) is 6.08 Å². The fourth-order valence-electron chi connectivity index (χ4n) is 3.43. The van der Waals surface area contributed by atoms with Crippen LogP contribution in [0.2, 0.25) is 5.02 Å². The van der Waals surface area contributed by atoms with E-state index in [0.29, 0.717) is 41.1 Å². The fourth-order valence-corrected chi connectivity index (χ4v) is 3.70. The van der Waals surface area contributed by atoms with Crippen molar-refractivity contribution in [2.45, 2.75) is 13.0 Å². The van der Waals surface area contributed by atoms with Gasteiger partial charge in [-0.05, 0) is 53.5 Å². The van der Waals surface area contributed by atoms with Crippen LogP contribution >= 0.6 is 11.6 Å². The maximum absolute atomic E-state index is 12.7. The Labute approximate surface area is 168 Å². The average Bonchev–Trinajstić information content (AvgIpc) is 3.19. The van der Waals surface area contributed by atoms with Gasteiger partial charge in [0.15, 0.2) is 23.0 Å². The summed E-state index contributed by atoms with van der Waals surface area (Å²) in [7, 11) is 3.23. The van der Waals surface area contributed by atoms with E-state index in [-0.39, 0.29) is 12.7 Å². The number of halogens is 1. The minimum atomic E-state index is -0.0609. The third-order valence-electron chi connectivity index (χ3n) is 4.90. The number of carbonyl (C=O) groups is 1. The molecule has 28 heavy (non-hydrogen) atoms. The number of rotatable bonds is 4. The minimum Gasteiger partial charge on any atom is -0.493 e. The van der Waals surface area contributed by atoms with Crippen molar-refractivity contribution in [3.63, 3.8) is 0 Å². The highest BCUT2D eigenvalue weighted by molar-refractivity contribution is 6.32. The van der Waals surface area contributed by atoms with E-state index >= 15 is 0 Å². The normalized spacial score (nSPS) is 14.9. The van der Waals surface area contributed by atoms with Crippen molar-refractivity contribution in [1.82, 2.24) is 4.90 Å². The summed E-state index contributed by atoms with van der Waals surface area (Å²) in [6, 6.07) is 7.48. The molecule has 0 aliphatic carbocycles. The van der Waals surface area contributed by atoms with Crippen LogP contribution in [0.5, 0.6) is 23.0 Å². The largest absolute Gasteiger partial charge is 0.493 e. The van der Waals surface area contributed by atoms with Crippen LogP contribution in [0.1, 0.15) is 16.7 Å². The molecule has 0 saturated heterocycles. The number of methoxy groups -OCH3 is 2. The van der Waals surface area contributed by atoms with Gasteiger partial charge in [0, 0.05) is 19.2 Å². The van der Waals surface area contributed by atoms with Crippen LogP contribution in [0, 0.1) is 0 Å². The highest BCUT2D eigenvalue weighted by Crippen LogP contribution is 2.40. The van der Waals surface area contributed by atoms with Gasteiger partial charge in [0.1, 0.15) is 0 Å². The van der Waals surface area contributed by atoms with Crippen molar-refractivity contribution in [1.29, 1.82) is 0 Å². The van der Waals surface area contributed by atoms with Gasteiger partial charge in [-0.15, -0.1) is 0 Å². The smallest absolute Gasteiger partial charge is 0.246 e. The summed E-state index contributed by atoms with van der Waals surface area (Å²) in [5, 5.41) is 0.468. The van der Waals surface area contributed by atoms with Crippen molar-refractivity contribution in [2.75, 3.05) is 27.6 Å². The van der Waals surface area contributed by atoms with Gasteiger partial charge in [0.2, 0.25) is 12.7 Å². The van der Waals surface area contributed by atoms with E-state index in [2.05, 4.69) is 0 Å². The zero-order valence-electron chi connectivity index (χ0n) is 15.7. The zero-order valence-corrected chi connectivity index (χ0v) is 16.4. The van der Waals surface area contributed by atoms with Crippen LogP contribution in [0.4, 0.5) is 0 Å². The summed E-state index contributed by atoms with van der Waals surface area (Å²) in [5.41, 5.74) is 3.02. The second kappa shape index (κ2) is 7.64. The Morgan fingerprint density at radius 1 is 1.11 bits per heavy atom. The molecule has 0 aromatic heterocycles. The molecule has 0 spiro atoms. The molecule has 2 aromatic rings. The maximum Gasteiger partial charge on any atom is 0.246 e. The van der Waals surface area contributed by atoms with Gasteiger partial charge >= 0.3 is 0 Å². The lowest BCUT2D eigenvalue weighted by atomic mass is 9.98. The number of hydrogen-bond acceptors (Lipinski definition) is 5. The predicted octanol–water partition coefficient (Wildman–Crippen LogP) is 3.68. The van der Waals surface area contributed by atoms with Crippen molar-refractivity contribution in [3.05, 3.63) is 52.1 Å². The molecule has 2 aliphatic heterocycles. The highest BCUT2D eigenvalue weighted by atomic mass is 35.5. The molecule has 2 aliphatic rings. The summed E-state index contributed by atoms with van der Waals surface area (Å²) < 4.78 is 21.4. The first-order chi connectivity index (χ1) is 13.6. The molecule has 0 fully saturated rings. The first-order valence-electron chi connectivity index (χ1n) is 8.89. The van der Waals surface area contributed by atoms with Gasteiger partial charge in [-0.1, -0.05) is 11.6 Å². The van der Waals surface area contributed by atoms with E-state index in [9.17, 15) is 4.79 Å². The van der Waals surface area contributed by atoms with Gasteiger partial charge in [-0.25, -0.2) is 0 Å². The predicted molar refractivity (Wildman–Crippen MR) is 105 cm³/mol. The Hall–Kier alpha value is -2.86. The molecule has 4 rings (SSSR count). The van der Waals surface area contributed by atoms with Crippen molar-refractivity contribution in [2.24, 2.45) is 0 Å². The lowest BCUT2D eigenvalue weighted by Gasteiger charge is -2.28. The summed E-state index contributed by atoms with van der Waals surface area (Å²) in [6.07, 6.45) is 4.06. The Bertz CT molecular complexity index is 956. The van der Waals surface area contributed by atoms with Gasteiger partial charge in [0.05, 0.1) is 19.2 Å². The Morgan fingerprint density at radius 3 is 2.61 bits per heavy atom. The van der Waals surface area contributed by atoms with E-state index < -0.39 is 0 Å².